The number of hydrogen-bond acceptors (Lipinski definition) is 2. The Balaban J connectivity index is 2.14. The van der Waals surface area contributed by atoms with Gasteiger partial charge in [0.05, 0.1) is 0 Å². The van der Waals surface area contributed by atoms with Gasteiger partial charge in [0.2, 0.25) is 0 Å². The molecule has 0 aliphatic carbocycles. The minimum Gasteiger partial charge on any atom is -0.385 e. The van der Waals surface area contributed by atoms with Crippen molar-refractivity contribution in [3.05, 3.63) is 0 Å². The van der Waals surface area contributed by atoms with E-state index >= 15 is 0 Å². The topological polar surface area (TPSA) is 9.23 Å². The van der Waals surface area contributed by atoms with Crippen molar-refractivity contribution in [3.8, 4) is 0 Å². The lowest BCUT2D eigenvalue weighted by Crippen LogP contribution is -2.13. The van der Waals surface area contributed by atoms with Crippen molar-refractivity contribution in [2.24, 2.45) is 5.92 Å². The molecule has 1 aliphatic heterocycles. The molecule has 0 radical (unpaired) electrons. The van der Waals surface area contributed by atoms with Crippen molar-refractivity contribution >= 4 is 27.7 Å². The molecule has 1 saturated heterocycles. The van der Waals surface area contributed by atoms with Gasteiger partial charge < -0.3 is 4.74 Å². The highest BCUT2D eigenvalue weighted by molar-refractivity contribution is 9.09. The molecule has 1 heterocycles. The van der Waals surface area contributed by atoms with Gasteiger partial charge in [0.1, 0.15) is 0 Å². The van der Waals surface area contributed by atoms with E-state index in [0.29, 0.717) is 0 Å². The van der Waals surface area contributed by atoms with Crippen molar-refractivity contribution in [2.45, 2.75) is 11.2 Å². The van der Waals surface area contributed by atoms with Crippen molar-refractivity contribution in [1.82, 2.24) is 0 Å². The average Bonchev–Trinajstić information content (AvgIpc) is 2.31. The first-order valence-corrected chi connectivity index (χ1v) is 5.62. The number of rotatable bonds is 3. The lowest BCUT2D eigenvalue weighted by molar-refractivity contribution is 0.182. The Labute approximate surface area is 75.0 Å². The molecule has 1 rings (SSSR count). The standard InChI is InChI=1S/C7H13BrOS/c1-9-3-2-6-4-10-5-7(6)8/h6-7H,2-5H2,1H3. The predicted octanol–water partition coefficient (Wildman–Crippen LogP) is 2.15. The molecule has 3 heteroatoms. The molecule has 1 nitrogen and oxygen atoms in total. The smallest absolute Gasteiger partial charge is 0.0465 e. The van der Waals surface area contributed by atoms with E-state index in [-0.39, 0.29) is 0 Å². The molecule has 1 aliphatic rings. The third kappa shape index (κ3) is 2.44. The molecule has 10 heavy (non-hydrogen) atoms. The van der Waals surface area contributed by atoms with E-state index in [2.05, 4.69) is 15.9 Å². The lowest BCUT2D eigenvalue weighted by atomic mass is 10.1. The van der Waals surface area contributed by atoms with Gasteiger partial charge in [-0.2, -0.15) is 11.8 Å². The zero-order valence-electron chi connectivity index (χ0n) is 6.18. The predicted molar refractivity (Wildman–Crippen MR) is 50.0 cm³/mol. The van der Waals surface area contributed by atoms with Gasteiger partial charge >= 0.3 is 0 Å². The van der Waals surface area contributed by atoms with Gasteiger partial charge in [-0.3, -0.25) is 0 Å². The quantitative estimate of drug-likeness (QED) is 0.680. The van der Waals surface area contributed by atoms with Crippen LogP contribution in [0.2, 0.25) is 0 Å². The molecule has 1 fully saturated rings. The number of alkyl halides is 1. The summed E-state index contributed by atoms with van der Waals surface area (Å²) in [6.07, 6.45) is 1.21. The van der Waals surface area contributed by atoms with Gasteiger partial charge in [0, 0.05) is 24.3 Å². The van der Waals surface area contributed by atoms with Crippen LogP contribution in [0.25, 0.3) is 0 Å². The summed E-state index contributed by atoms with van der Waals surface area (Å²) >= 11 is 5.70. The Morgan fingerprint density at radius 1 is 1.60 bits per heavy atom. The second-order valence-electron chi connectivity index (χ2n) is 2.60. The number of hydrogen-bond donors (Lipinski definition) is 0. The molecule has 0 amide bonds. The average molecular weight is 225 g/mol. The highest BCUT2D eigenvalue weighted by atomic mass is 79.9. The summed E-state index contributed by atoms with van der Waals surface area (Å²) in [4.78, 5) is 0.729. The van der Waals surface area contributed by atoms with Crippen LogP contribution in [-0.4, -0.2) is 30.0 Å². The molecule has 0 N–H and O–H groups in total. The summed E-state index contributed by atoms with van der Waals surface area (Å²) in [5.74, 6) is 3.41. The summed E-state index contributed by atoms with van der Waals surface area (Å²) in [5, 5.41) is 0. The molecule has 2 atom stereocenters. The van der Waals surface area contributed by atoms with E-state index in [9.17, 15) is 0 Å². The third-order valence-corrected chi connectivity index (χ3v) is 4.57. The lowest BCUT2D eigenvalue weighted by Gasteiger charge is -2.10. The van der Waals surface area contributed by atoms with Gasteiger partial charge in [-0.1, -0.05) is 15.9 Å². The number of halogens is 1. The maximum absolute atomic E-state index is 5.02. The SMILES string of the molecule is COCCC1CSCC1Br. The van der Waals surface area contributed by atoms with Crippen LogP contribution in [-0.2, 0) is 4.74 Å². The molecular formula is C7H13BrOS. The van der Waals surface area contributed by atoms with Crippen LogP contribution in [0.1, 0.15) is 6.42 Å². The van der Waals surface area contributed by atoms with Gasteiger partial charge in [0.25, 0.3) is 0 Å². The summed E-state index contributed by atoms with van der Waals surface area (Å²) in [5.41, 5.74) is 0. The normalized spacial score (nSPS) is 33.0. The molecule has 0 aromatic rings. The molecule has 0 aromatic heterocycles. The van der Waals surface area contributed by atoms with Gasteiger partial charge in [0.15, 0.2) is 0 Å². The zero-order valence-corrected chi connectivity index (χ0v) is 8.58. The molecular weight excluding hydrogens is 212 g/mol. The van der Waals surface area contributed by atoms with Crippen molar-refractivity contribution in [2.75, 3.05) is 25.2 Å². The number of thioether (sulfide) groups is 1. The molecule has 0 bridgehead atoms. The summed E-state index contributed by atoms with van der Waals surface area (Å²) in [6, 6.07) is 0. The first-order valence-electron chi connectivity index (χ1n) is 3.55. The van der Waals surface area contributed by atoms with Crippen LogP contribution in [0, 0.1) is 5.92 Å². The fourth-order valence-electron chi connectivity index (χ4n) is 1.11. The first-order chi connectivity index (χ1) is 4.84. The maximum Gasteiger partial charge on any atom is 0.0465 e. The van der Waals surface area contributed by atoms with Crippen molar-refractivity contribution in [1.29, 1.82) is 0 Å². The Bertz CT molecular complexity index is 99.6. The second kappa shape index (κ2) is 4.62. The molecule has 0 spiro atoms. The fraction of sp³-hybridized carbons (Fsp3) is 1.00. The van der Waals surface area contributed by atoms with E-state index in [1.165, 1.54) is 17.9 Å². The van der Waals surface area contributed by atoms with Crippen molar-refractivity contribution in [3.63, 3.8) is 0 Å². The monoisotopic (exact) mass is 224 g/mol. The van der Waals surface area contributed by atoms with E-state index in [1.54, 1.807) is 7.11 Å². The largest absolute Gasteiger partial charge is 0.385 e. The van der Waals surface area contributed by atoms with Gasteiger partial charge in [-0.05, 0) is 18.1 Å². The second-order valence-corrected chi connectivity index (χ2v) is 4.85. The minimum atomic E-state index is 0.729. The molecule has 0 aromatic carbocycles. The van der Waals surface area contributed by atoms with E-state index in [0.717, 1.165) is 17.4 Å². The first kappa shape index (κ1) is 8.88. The number of ether oxygens (including phenoxy) is 1. The zero-order chi connectivity index (χ0) is 7.40. The fourth-order valence-corrected chi connectivity index (χ4v) is 3.70. The summed E-state index contributed by atoms with van der Waals surface area (Å²) < 4.78 is 5.02. The van der Waals surface area contributed by atoms with E-state index < -0.39 is 0 Å². The minimum absolute atomic E-state index is 0.729. The van der Waals surface area contributed by atoms with Crippen LogP contribution in [0.15, 0.2) is 0 Å². The number of methoxy groups -OCH3 is 1. The summed E-state index contributed by atoms with van der Waals surface area (Å²) in [7, 11) is 1.77. The third-order valence-electron chi connectivity index (χ3n) is 1.81. The summed E-state index contributed by atoms with van der Waals surface area (Å²) in [6.45, 7) is 0.910. The molecule has 60 valence electrons. The van der Waals surface area contributed by atoms with Crippen LogP contribution >= 0.6 is 27.7 Å². The maximum atomic E-state index is 5.02. The van der Waals surface area contributed by atoms with Crippen LogP contribution in [0.3, 0.4) is 0 Å². The van der Waals surface area contributed by atoms with E-state index in [4.69, 9.17) is 4.74 Å². The highest BCUT2D eigenvalue weighted by Crippen LogP contribution is 2.31. The van der Waals surface area contributed by atoms with E-state index in [1.807, 2.05) is 11.8 Å². The van der Waals surface area contributed by atoms with Crippen LogP contribution in [0.4, 0.5) is 0 Å². The Kier molecular flexibility index (Phi) is 4.11. The highest BCUT2D eigenvalue weighted by Gasteiger charge is 2.24. The Morgan fingerprint density at radius 2 is 2.40 bits per heavy atom. The Morgan fingerprint density at radius 3 is 2.90 bits per heavy atom. The van der Waals surface area contributed by atoms with Crippen LogP contribution < -0.4 is 0 Å². The molecule has 2 unspecified atom stereocenters. The van der Waals surface area contributed by atoms with Gasteiger partial charge in [-0.25, -0.2) is 0 Å². The Hall–Kier alpha value is 0.790. The van der Waals surface area contributed by atoms with Crippen LogP contribution in [0.5, 0.6) is 0 Å². The molecule has 0 saturated carbocycles. The van der Waals surface area contributed by atoms with Crippen molar-refractivity contribution < 1.29 is 4.74 Å². The van der Waals surface area contributed by atoms with Gasteiger partial charge in [-0.15, -0.1) is 0 Å².